The summed E-state index contributed by atoms with van der Waals surface area (Å²) in [6, 6.07) is 5.85. The van der Waals surface area contributed by atoms with Crippen molar-refractivity contribution in [3.8, 4) is 0 Å². The van der Waals surface area contributed by atoms with Crippen LogP contribution in [0.4, 0.5) is 0 Å². The maximum absolute atomic E-state index is 12.8. The van der Waals surface area contributed by atoms with Gasteiger partial charge in [0, 0.05) is 13.1 Å². The third-order valence-corrected chi connectivity index (χ3v) is 5.62. The van der Waals surface area contributed by atoms with Crippen molar-refractivity contribution in [3.05, 3.63) is 29.8 Å². The molecule has 120 valence electrons. The Kier molecular flexibility index (Phi) is 4.82. The third kappa shape index (κ3) is 3.12. The van der Waals surface area contributed by atoms with Crippen molar-refractivity contribution in [1.29, 1.82) is 0 Å². The highest BCUT2D eigenvalue weighted by molar-refractivity contribution is 7.89. The minimum atomic E-state index is -3.89. The van der Waals surface area contributed by atoms with E-state index < -0.39 is 27.8 Å². The quantitative estimate of drug-likeness (QED) is 0.804. The molecule has 0 spiro atoms. The van der Waals surface area contributed by atoms with E-state index in [2.05, 4.69) is 4.74 Å². The second kappa shape index (κ2) is 6.45. The van der Waals surface area contributed by atoms with Crippen LogP contribution in [0.25, 0.3) is 0 Å². The Labute approximate surface area is 129 Å². The van der Waals surface area contributed by atoms with Gasteiger partial charge in [-0.05, 0) is 25.0 Å². The first-order valence-corrected chi connectivity index (χ1v) is 8.28. The van der Waals surface area contributed by atoms with Crippen LogP contribution in [-0.4, -0.2) is 44.8 Å². The molecule has 1 fully saturated rings. The molecule has 7 nitrogen and oxygen atoms in total. The zero-order valence-corrected chi connectivity index (χ0v) is 13.0. The van der Waals surface area contributed by atoms with E-state index in [-0.39, 0.29) is 17.0 Å². The number of primary amides is 1. The van der Waals surface area contributed by atoms with Crippen molar-refractivity contribution in [1.82, 2.24) is 4.31 Å². The Morgan fingerprint density at radius 1 is 1.32 bits per heavy atom. The summed E-state index contributed by atoms with van der Waals surface area (Å²) in [6.07, 6.45) is 1.12. The summed E-state index contributed by atoms with van der Waals surface area (Å²) in [5, 5.41) is 0. The summed E-state index contributed by atoms with van der Waals surface area (Å²) in [6.45, 7) is 0.328. The molecule has 2 N–H and O–H groups in total. The van der Waals surface area contributed by atoms with Crippen molar-refractivity contribution in [3.63, 3.8) is 0 Å². The number of ether oxygens (including phenoxy) is 1. The van der Waals surface area contributed by atoms with Gasteiger partial charge >= 0.3 is 5.97 Å². The smallest absolute Gasteiger partial charge is 0.339 e. The summed E-state index contributed by atoms with van der Waals surface area (Å²) in [5.74, 6) is -1.74. The minimum Gasteiger partial charge on any atom is -0.465 e. The first-order chi connectivity index (χ1) is 10.4. The molecular weight excluding hydrogens is 308 g/mol. The largest absolute Gasteiger partial charge is 0.465 e. The first kappa shape index (κ1) is 16.4. The highest BCUT2D eigenvalue weighted by Crippen LogP contribution is 2.26. The van der Waals surface area contributed by atoms with Crippen molar-refractivity contribution in [2.24, 2.45) is 11.7 Å². The number of carbonyl (C=O) groups is 2. The molecule has 0 bridgehead atoms. The van der Waals surface area contributed by atoms with Crippen LogP contribution in [0.1, 0.15) is 23.2 Å². The number of sulfonamides is 1. The summed E-state index contributed by atoms with van der Waals surface area (Å²) in [4.78, 5) is 22.9. The molecule has 1 aromatic carbocycles. The molecule has 2 rings (SSSR count). The second-order valence-corrected chi connectivity index (χ2v) is 7.00. The third-order valence-electron chi connectivity index (χ3n) is 3.70. The van der Waals surface area contributed by atoms with Crippen LogP contribution in [0.5, 0.6) is 0 Å². The normalized spacial score (nSPS) is 19.6. The Bertz CT molecular complexity index is 686. The minimum absolute atomic E-state index is 0.0220. The number of carbonyl (C=O) groups excluding carboxylic acids is 2. The fourth-order valence-corrected chi connectivity index (χ4v) is 4.21. The lowest BCUT2D eigenvalue weighted by atomic mass is 9.99. The average Bonchev–Trinajstić information content (AvgIpc) is 2.54. The molecule has 22 heavy (non-hydrogen) atoms. The summed E-state index contributed by atoms with van der Waals surface area (Å²) in [7, 11) is -2.70. The molecule has 1 aliphatic heterocycles. The fourth-order valence-electron chi connectivity index (χ4n) is 2.50. The molecule has 1 saturated heterocycles. The van der Waals surface area contributed by atoms with Gasteiger partial charge in [0.1, 0.15) is 0 Å². The number of methoxy groups -OCH3 is 1. The molecule has 1 aromatic rings. The standard InChI is InChI=1S/C14H18N2O5S/c1-21-14(18)11-6-2-3-7-12(11)22(19,20)16-8-4-5-10(9-16)13(15)17/h2-3,6-7,10H,4-5,8-9H2,1H3,(H2,15,17)/t10-/m1/s1. The van der Waals surface area contributed by atoms with Gasteiger partial charge < -0.3 is 10.5 Å². The van der Waals surface area contributed by atoms with Gasteiger partial charge in [0.15, 0.2) is 0 Å². The molecule has 1 aliphatic rings. The Balaban J connectivity index is 2.39. The molecular formula is C14H18N2O5S. The number of benzene rings is 1. The number of esters is 1. The zero-order chi connectivity index (χ0) is 16.3. The average molecular weight is 326 g/mol. The van der Waals surface area contributed by atoms with E-state index >= 15 is 0 Å². The Hall–Kier alpha value is -1.93. The Morgan fingerprint density at radius 3 is 2.64 bits per heavy atom. The van der Waals surface area contributed by atoms with Crippen molar-refractivity contribution in [2.75, 3.05) is 20.2 Å². The van der Waals surface area contributed by atoms with Crippen LogP contribution in [0.3, 0.4) is 0 Å². The molecule has 1 atom stereocenters. The molecule has 0 unspecified atom stereocenters. The van der Waals surface area contributed by atoms with E-state index in [1.54, 1.807) is 6.07 Å². The number of amides is 1. The van der Waals surface area contributed by atoms with Crippen LogP contribution in [-0.2, 0) is 19.6 Å². The number of hydrogen-bond donors (Lipinski definition) is 1. The maximum atomic E-state index is 12.8. The van der Waals surface area contributed by atoms with Crippen LogP contribution < -0.4 is 5.73 Å². The molecule has 0 aliphatic carbocycles. The Morgan fingerprint density at radius 2 is 2.00 bits per heavy atom. The van der Waals surface area contributed by atoms with Crippen LogP contribution in [0, 0.1) is 5.92 Å². The van der Waals surface area contributed by atoms with Gasteiger partial charge in [-0.15, -0.1) is 0 Å². The van der Waals surface area contributed by atoms with E-state index in [1.807, 2.05) is 0 Å². The van der Waals surface area contributed by atoms with Crippen LogP contribution >= 0.6 is 0 Å². The molecule has 1 amide bonds. The number of rotatable bonds is 4. The molecule has 0 aromatic heterocycles. The van der Waals surface area contributed by atoms with Gasteiger partial charge in [0.2, 0.25) is 15.9 Å². The zero-order valence-electron chi connectivity index (χ0n) is 12.2. The van der Waals surface area contributed by atoms with Gasteiger partial charge in [-0.1, -0.05) is 12.1 Å². The van der Waals surface area contributed by atoms with Crippen LogP contribution in [0.2, 0.25) is 0 Å². The maximum Gasteiger partial charge on any atom is 0.339 e. The molecule has 1 heterocycles. The lowest BCUT2D eigenvalue weighted by Crippen LogP contribution is -2.44. The van der Waals surface area contributed by atoms with Crippen molar-refractivity contribution < 1.29 is 22.7 Å². The predicted octanol–water partition coefficient (Wildman–Crippen LogP) is 0.359. The van der Waals surface area contributed by atoms with Crippen molar-refractivity contribution >= 4 is 21.9 Å². The molecule has 8 heteroatoms. The first-order valence-electron chi connectivity index (χ1n) is 6.84. The van der Waals surface area contributed by atoms with Gasteiger partial charge in [-0.25, -0.2) is 13.2 Å². The summed E-state index contributed by atoms with van der Waals surface area (Å²) in [5.41, 5.74) is 5.25. The van der Waals surface area contributed by atoms with E-state index in [4.69, 9.17) is 5.73 Å². The number of nitrogens with two attached hydrogens (primary N) is 1. The van der Waals surface area contributed by atoms with Gasteiger partial charge in [0.25, 0.3) is 0 Å². The lowest BCUT2D eigenvalue weighted by molar-refractivity contribution is -0.122. The highest BCUT2D eigenvalue weighted by Gasteiger charge is 2.34. The highest BCUT2D eigenvalue weighted by atomic mass is 32.2. The second-order valence-electron chi connectivity index (χ2n) is 5.09. The van der Waals surface area contributed by atoms with E-state index in [0.717, 1.165) is 0 Å². The number of piperidine rings is 1. The monoisotopic (exact) mass is 326 g/mol. The van der Waals surface area contributed by atoms with Gasteiger partial charge in [-0.3, -0.25) is 4.79 Å². The van der Waals surface area contributed by atoms with E-state index in [9.17, 15) is 18.0 Å². The summed E-state index contributed by atoms with van der Waals surface area (Å²) < 4.78 is 31.4. The molecule has 0 saturated carbocycles. The predicted molar refractivity (Wildman–Crippen MR) is 78.5 cm³/mol. The lowest BCUT2D eigenvalue weighted by Gasteiger charge is -2.30. The van der Waals surface area contributed by atoms with Gasteiger partial charge in [-0.2, -0.15) is 4.31 Å². The topological polar surface area (TPSA) is 107 Å². The van der Waals surface area contributed by atoms with E-state index in [0.29, 0.717) is 19.4 Å². The van der Waals surface area contributed by atoms with E-state index in [1.165, 1.54) is 29.6 Å². The SMILES string of the molecule is COC(=O)c1ccccc1S(=O)(=O)N1CCC[C@@H](C(N)=O)C1. The summed E-state index contributed by atoms with van der Waals surface area (Å²) >= 11 is 0. The van der Waals surface area contributed by atoms with Gasteiger partial charge in [0.05, 0.1) is 23.5 Å². The number of hydrogen-bond acceptors (Lipinski definition) is 5. The molecule has 0 radical (unpaired) electrons. The fraction of sp³-hybridized carbons (Fsp3) is 0.429. The van der Waals surface area contributed by atoms with Crippen molar-refractivity contribution in [2.45, 2.75) is 17.7 Å². The van der Waals surface area contributed by atoms with Crippen LogP contribution in [0.15, 0.2) is 29.2 Å². The number of nitrogens with zero attached hydrogens (tertiary/aromatic N) is 1.